The summed E-state index contributed by atoms with van der Waals surface area (Å²) in [4.78, 5) is 14.1. The molecule has 22 heavy (non-hydrogen) atoms. The van der Waals surface area contributed by atoms with Crippen molar-refractivity contribution in [1.29, 1.82) is 0 Å². The number of aromatic nitrogens is 2. The molecule has 1 aromatic rings. The van der Waals surface area contributed by atoms with E-state index in [-0.39, 0.29) is 0 Å². The second kappa shape index (κ2) is 6.15. The normalized spacial score (nSPS) is 25.6. The zero-order valence-electron chi connectivity index (χ0n) is 13.7. The van der Waals surface area contributed by atoms with E-state index in [2.05, 4.69) is 32.8 Å². The Bertz CT molecular complexity index is 500. The lowest BCUT2D eigenvalue weighted by atomic mass is 9.89. The standard InChI is InChI=1S/C18H28N4/c1-14(21-8-2-3-9-21)15-6-10-22(11-7-15)18-12-17(16-4-5-16)19-13-20-18/h12-16H,2-11H2,1H3/t14-/m1/s1. The van der Waals surface area contributed by atoms with Crippen molar-refractivity contribution in [3.63, 3.8) is 0 Å². The van der Waals surface area contributed by atoms with Gasteiger partial charge in [0.15, 0.2) is 0 Å². The topological polar surface area (TPSA) is 32.3 Å². The highest BCUT2D eigenvalue weighted by atomic mass is 15.2. The van der Waals surface area contributed by atoms with Crippen LogP contribution >= 0.6 is 0 Å². The highest BCUT2D eigenvalue weighted by Crippen LogP contribution is 2.39. The van der Waals surface area contributed by atoms with E-state index < -0.39 is 0 Å². The number of nitrogens with zero attached hydrogens (tertiary/aromatic N) is 4. The number of hydrogen-bond acceptors (Lipinski definition) is 4. The SMILES string of the molecule is C[C@H](C1CCN(c2cc(C3CC3)ncn2)CC1)N1CCCC1. The number of hydrogen-bond donors (Lipinski definition) is 0. The van der Waals surface area contributed by atoms with E-state index in [9.17, 15) is 0 Å². The predicted molar refractivity (Wildman–Crippen MR) is 89.2 cm³/mol. The third-order valence-corrected chi connectivity index (χ3v) is 5.93. The van der Waals surface area contributed by atoms with E-state index in [0.29, 0.717) is 0 Å². The summed E-state index contributed by atoms with van der Waals surface area (Å²) < 4.78 is 0. The van der Waals surface area contributed by atoms with Crippen molar-refractivity contribution in [2.45, 2.75) is 57.4 Å². The van der Waals surface area contributed by atoms with Gasteiger partial charge in [-0.15, -0.1) is 0 Å². The molecule has 0 amide bonds. The molecule has 4 rings (SSSR count). The molecule has 3 aliphatic rings. The minimum atomic E-state index is 0.717. The second-order valence-corrected chi connectivity index (χ2v) is 7.38. The van der Waals surface area contributed by atoms with Crippen LogP contribution in [0.5, 0.6) is 0 Å². The van der Waals surface area contributed by atoms with Gasteiger partial charge in [-0.25, -0.2) is 9.97 Å². The maximum absolute atomic E-state index is 4.52. The third-order valence-electron chi connectivity index (χ3n) is 5.93. The molecule has 2 aliphatic heterocycles. The molecule has 0 bridgehead atoms. The van der Waals surface area contributed by atoms with Crippen molar-refractivity contribution < 1.29 is 0 Å². The molecule has 2 saturated heterocycles. The fraction of sp³-hybridized carbons (Fsp3) is 0.778. The molecule has 1 aromatic heterocycles. The summed E-state index contributed by atoms with van der Waals surface area (Å²) in [6.07, 6.45) is 9.79. The maximum atomic E-state index is 4.52. The Morgan fingerprint density at radius 2 is 1.73 bits per heavy atom. The highest BCUT2D eigenvalue weighted by molar-refractivity contribution is 5.40. The molecule has 3 heterocycles. The van der Waals surface area contributed by atoms with Gasteiger partial charge in [0.05, 0.1) is 0 Å². The van der Waals surface area contributed by atoms with Gasteiger partial charge in [0, 0.05) is 36.8 Å². The van der Waals surface area contributed by atoms with Crippen LogP contribution in [0, 0.1) is 5.92 Å². The van der Waals surface area contributed by atoms with Gasteiger partial charge in [-0.1, -0.05) is 0 Å². The van der Waals surface area contributed by atoms with Gasteiger partial charge < -0.3 is 9.80 Å². The Balaban J connectivity index is 1.36. The predicted octanol–water partition coefficient (Wildman–Crippen LogP) is 3.05. The minimum absolute atomic E-state index is 0.717. The Kier molecular flexibility index (Phi) is 4.03. The number of rotatable bonds is 4. The third kappa shape index (κ3) is 2.98. The van der Waals surface area contributed by atoms with Crippen LogP contribution in [-0.4, -0.2) is 47.1 Å². The molecule has 4 heteroatoms. The summed E-state index contributed by atoms with van der Waals surface area (Å²) in [5, 5.41) is 0. The smallest absolute Gasteiger partial charge is 0.132 e. The summed E-state index contributed by atoms with van der Waals surface area (Å²) in [5.41, 5.74) is 1.26. The summed E-state index contributed by atoms with van der Waals surface area (Å²) >= 11 is 0. The van der Waals surface area contributed by atoms with E-state index in [1.165, 1.54) is 57.3 Å². The summed E-state index contributed by atoms with van der Waals surface area (Å²) in [6, 6.07) is 3.00. The molecule has 1 atom stereocenters. The Labute approximate surface area is 133 Å². The Morgan fingerprint density at radius 1 is 1.00 bits per heavy atom. The van der Waals surface area contributed by atoms with E-state index in [4.69, 9.17) is 0 Å². The summed E-state index contributed by atoms with van der Waals surface area (Å²) in [6.45, 7) is 7.39. The zero-order valence-corrected chi connectivity index (χ0v) is 13.7. The van der Waals surface area contributed by atoms with Crippen LogP contribution in [0.3, 0.4) is 0 Å². The van der Waals surface area contributed by atoms with E-state index >= 15 is 0 Å². The van der Waals surface area contributed by atoms with Gasteiger partial charge >= 0.3 is 0 Å². The average molecular weight is 300 g/mol. The van der Waals surface area contributed by atoms with Crippen LogP contribution < -0.4 is 4.90 Å². The minimum Gasteiger partial charge on any atom is -0.356 e. The molecule has 0 spiro atoms. The lowest BCUT2D eigenvalue weighted by Crippen LogP contribution is -2.43. The molecule has 120 valence electrons. The van der Waals surface area contributed by atoms with Gasteiger partial charge in [-0.3, -0.25) is 0 Å². The Morgan fingerprint density at radius 3 is 2.41 bits per heavy atom. The Hall–Kier alpha value is -1.16. The lowest BCUT2D eigenvalue weighted by Gasteiger charge is -2.38. The van der Waals surface area contributed by atoms with Crippen molar-refractivity contribution in [2.24, 2.45) is 5.92 Å². The van der Waals surface area contributed by atoms with Crippen molar-refractivity contribution in [1.82, 2.24) is 14.9 Å². The van der Waals surface area contributed by atoms with Gasteiger partial charge in [0.25, 0.3) is 0 Å². The molecule has 1 saturated carbocycles. The monoisotopic (exact) mass is 300 g/mol. The van der Waals surface area contributed by atoms with Crippen LogP contribution in [0.15, 0.2) is 12.4 Å². The first-order valence-electron chi connectivity index (χ1n) is 9.12. The first kappa shape index (κ1) is 14.4. The largest absolute Gasteiger partial charge is 0.356 e. The maximum Gasteiger partial charge on any atom is 0.132 e. The summed E-state index contributed by atoms with van der Waals surface area (Å²) in [7, 11) is 0. The fourth-order valence-electron chi connectivity index (χ4n) is 4.19. The first-order chi connectivity index (χ1) is 10.8. The molecule has 3 fully saturated rings. The molecule has 4 nitrogen and oxygen atoms in total. The van der Waals surface area contributed by atoms with Gasteiger partial charge in [0.2, 0.25) is 0 Å². The summed E-state index contributed by atoms with van der Waals surface area (Å²) in [5.74, 6) is 2.73. The van der Waals surface area contributed by atoms with E-state index in [1.807, 2.05) is 0 Å². The fourth-order valence-corrected chi connectivity index (χ4v) is 4.19. The highest BCUT2D eigenvalue weighted by Gasteiger charge is 2.30. The molecular formula is C18H28N4. The zero-order chi connectivity index (χ0) is 14.9. The second-order valence-electron chi connectivity index (χ2n) is 7.38. The van der Waals surface area contributed by atoms with Gasteiger partial charge in [-0.05, 0) is 64.5 Å². The molecule has 1 aliphatic carbocycles. The number of anilines is 1. The van der Waals surface area contributed by atoms with Crippen LogP contribution in [0.2, 0.25) is 0 Å². The van der Waals surface area contributed by atoms with Crippen molar-refractivity contribution in [3.8, 4) is 0 Å². The van der Waals surface area contributed by atoms with Crippen LogP contribution in [0.1, 0.15) is 57.1 Å². The first-order valence-corrected chi connectivity index (χ1v) is 9.12. The van der Waals surface area contributed by atoms with Crippen LogP contribution in [0.25, 0.3) is 0 Å². The molecule has 0 radical (unpaired) electrons. The molecular weight excluding hydrogens is 272 g/mol. The van der Waals surface area contributed by atoms with Gasteiger partial charge in [-0.2, -0.15) is 0 Å². The number of likely N-dealkylation sites (tertiary alicyclic amines) is 1. The quantitative estimate of drug-likeness (QED) is 0.855. The van der Waals surface area contributed by atoms with Crippen LogP contribution in [-0.2, 0) is 0 Å². The van der Waals surface area contributed by atoms with Crippen molar-refractivity contribution >= 4 is 5.82 Å². The van der Waals surface area contributed by atoms with Crippen molar-refractivity contribution in [3.05, 3.63) is 18.1 Å². The van der Waals surface area contributed by atoms with E-state index in [0.717, 1.165) is 36.8 Å². The number of piperidine rings is 1. The average Bonchev–Trinajstić information content (AvgIpc) is 3.29. The van der Waals surface area contributed by atoms with Crippen LogP contribution in [0.4, 0.5) is 5.82 Å². The molecule has 0 unspecified atom stereocenters. The molecule has 0 N–H and O–H groups in total. The van der Waals surface area contributed by atoms with Crippen molar-refractivity contribution in [2.75, 3.05) is 31.1 Å². The van der Waals surface area contributed by atoms with Gasteiger partial charge in [0.1, 0.15) is 12.1 Å². The van der Waals surface area contributed by atoms with E-state index in [1.54, 1.807) is 6.33 Å². The molecule has 0 aromatic carbocycles. The lowest BCUT2D eigenvalue weighted by molar-refractivity contribution is 0.167.